The first-order valence-electron chi connectivity index (χ1n) is 11.0. The minimum absolute atomic E-state index is 0.118. The number of nitrogens with zero attached hydrogens (tertiary/aromatic N) is 5. The van der Waals surface area contributed by atoms with Gasteiger partial charge in [0.05, 0.1) is 31.1 Å². The molecule has 10 heteroatoms. The van der Waals surface area contributed by atoms with E-state index in [-0.39, 0.29) is 18.4 Å². The zero-order chi connectivity index (χ0) is 24.6. The number of methoxy groups -OCH3 is 2. The van der Waals surface area contributed by atoms with Crippen LogP contribution >= 0.6 is 0 Å². The Bertz CT molecular complexity index is 1280. The van der Waals surface area contributed by atoms with Crippen LogP contribution in [0.4, 0.5) is 5.69 Å². The number of nitrogens with one attached hydrogen (secondary N) is 1. The van der Waals surface area contributed by atoms with Gasteiger partial charge in [0.15, 0.2) is 0 Å². The number of aromatic nitrogens is 4. The fourth-order valence-corrected chi connectivity index (χ4v) is 3.75. The number of ether oxygens (including phenoxy) is 2. The molecule has 0 aliphatic rings. The Labute approximate surface area is 202 Å². The van der Waals surface area contributed by atoms with Crippen molar-refractivity contribution in [2.24, 2.45) is 0 Å². The highest BCUT2D eigenvalue weighted by Crippen LogP contribution is 2.29. The fourth-order valence-electron chi connectivity index (χ4n) is 3.75. The molecule has 4 aromatic rings. The number of carbonyl (C=O) groups excluding carboxylic acids is 2. The van der Waals surface area contributed by atoms with Crippen LogP contribution in [0.2, 0.25) is 0 Å². The molecule has 2 heterocycles. The number of hydrogen-bond acceptors (Lipinski definition) is 7. The molecule has 0 spiro atoms. The molecule has 35 heavy (non-hydrogen) atoms. The summed E-state index contributed by atoms with van der Waals surface area (Å²) in [5.74, 6) is -0.0649. The third-order valence-electron chi connectivity index (χ3n) is 5.44. The van der Waals surface area contributed by atoms with E-state index in [1.54, 1.807) is 63.0 Å². The molecule has 2 amide bonds. The number of rotatable bonds is 10. The van der Waals surface area contributed by atoms with Crippen LogP contribution in [0.5, 0.6) is 5.75 Å². The van der Waals surface area contributed by atoms with E-state index in [1.165, 1.54) is 9.58 Å². The molecule has 1 atom stereocenters. The van der Waals surface area contributed by atoms with E-state index >= 15 is 0 Å². The lowest BCUT2D eigenvalue weighted by Crippen LogP contribution is -2.46. The molecule has 2 aromatic carbocycles. The van der Waals surface area contributed by atoms with Crippen LogP contribution in [0.3, 0.4) is 0 Å². The molecule has 0 bridgehead atoms. The summed E-state index contributed by atoms with van der Waals surface area (Å²) in [6.45, 7) is 0.519. The summed E-state index contributed by atoms with van der Waals surface area (Å²) in [6, 6.07) is 16.9. The average molecular weight is 475 g/mol. The summed E-state index contributed by atoms with van der Waals surface area (Å²) in [6.07, 6.45) is 3.16. The number of pyridine rings is 1. The molecule has 0 saturated heterocycles. The van der Waals surface area contributed by atoms with Gasteiger partial charge in [-0.3, -0.25) is 19.5 Å². The van der Waals surface area contributed by atoms with E-state index in [4.69, 9.17) is 9.47 Å². The zero-order valence-electron chi connectivity index (χ0n) is 19.5. The second-order valence-corrected chi connectivity index (χ2v) is 7.67. The molecule has 0 aliphatic heterocycles. The van der Waals surface area contributed by atoms with E-state index < -0.39 is 6.04 Å². The van der Waals surface area contributed by atoms with Crippen molar-refractivity contribution < 1.29 is 19.1 Å². The monoisotopic (exact) mass is 474 g/mol. The normalized spacial score (nSPS) is 11.7. The average Bonchev–Trinajstić information content (AvgIpc) is 3.30. The molecular weight excluding hydrogens is 448 g/mol. The highest BCUT2D eigenvalue weighted by atomic mass is 16.5. The van der Waals surface area contributed by atoms with Gasteiger partial charge in [0.25, 0.3) is 0 Å². The zero-order valence-corrected chi connectivity index (χ0v) is 19.5. The molecule has 180 valence electrons. The number of carbonyl (C=O) groups is 2. The predicted molar refractivity (Wildman–Crippen MR) is 130 cm³/mol. The smallest absolute Gasteiger partial charge is 0.249 e. The Balaban J connectivity index is 1.75. The molecular formula is C25H26N6O4. The Morgan fingerprint density at radius 1 is 1.06 bits per heavy atom. The second-order valence-electron chi connectivity index (χ2n) is 7.67. The summed E-state index contributed by atoms with van der Waals surface area (Å²) in [5, 5.41) is 11.1. The van der Waals surface area contributed by atoms with Crippen LogP contribution in [0.25, 0.3) is 11.0 Å². The van der Waals surface area contributed by atoms with Gasteiger partial charge in [-0.2, -0.15) is 0 Å². The van der Waals surface area contributed by atoms with Crippen molar-refractivity contribution in [3.8, 4) is 5.75 Å². The minimum Gasteiger partial charge on any atom is -0.497 e. The Kier molecular flexibility index (Phi) is 7.63. The van der Waals surface area contributed by atoms with Crippen molar-refractivity contribution >= 4 is 28.5 Å². The van der Waals surface area contributed by atoms with Crippen molar-refractivity contribution in [3.05, 3.63) is 78.6 Å². The van der Waals surface area contributed by atoms with E-state index in [0.717, 1.165) is 5.52 Å². The van der Waals surface area contributed by atoms with Crippen LogP contribution in [0.1, 0.15) is 11.6 Å². The van der Waals surface area contributed by atoms with Crippen molar-refractivity contribution in [1.29, 1.82) is 0 Å². The summed E-state index contributed by atoms with van der Waals surface area (Å²) in [7, 11) is 3.12. The lowest BCUT2D eigenvalue weighted by molar-refractivity contribution is -0.127. The van der Waals surface area contributed by atoms with Crippen LogP contribution in [0, 0.1) is 0 Å². The third-order valence-corrected chi connectivity index (χ3v) is 5.44. The van der Waals surface area contributed by atoms with Gasteiger partial charge in [-0.25, -0.2) is 4.68 Å². The molecule has 0 radical (unpaired) electrons. The van der Waals surface area contributed by atoms with E-state index in [0.29, 0.717) is 35.7 Å². The molecule has 0 aliphatic carbocycles. The molecule has 10 nitrogen and oxygen atoms in total. The first-order valence-corrected chi connectivity index (χ1v) is 11.0. The summed E-state index contributed by atoms with van der Waals surface area (Å²) in [4.78, 5) is 32.9. The van der Waals surface area contributed by atoms with Crippen molar-refractivity contribution in [3.63, 3.8) is 0 Å². The molecule has 0 unspecified atom stereocenters. The quantitative estimate of drug-likeness (QED) is 0.351. The molecule has 1 N–H and O–H groups in total. The number of amides is 2. The van der Waals surface area contributed by atoms with Crippen molar-refractivity contribution in [2.75, 3.05) is 32.3 Å². The van der Waals surface area contributed by atoms with Crippen LogP contribution in [0.15, 0.2) is 73.1 Å². The maximum Gasteiger partial charge on any atom is 0.249 e. The SMILES string of the molecule is COCCNC(=O)[C@H](c1ccc(OC)cc1)N(C(=O)Cn1nnc2ccccc21)c1cccnc1. The Morgan fingerprint density at radius 2 is 1.86 bits per heavy atom. The maximum atomic E-state index is 13.8. The van der Waals surface area contributed by atoms with Crippen LogP contribution in [-0.2, 0) is 20.9 Å². The maximum absolute atomic E-state index is 13.8. The second kappa shape index (κ2) is 11.2. The van der Waals surface area contributed by atoms with Gasteiger partial charge in [-0.15, -0.1) is 5.10 Å². The summed E-state index contributed by atoms with van der Waals surface area (Å²) >= 11 is 0. The largest absolute Gasteiger partial charge is 0.497 e. The summed E-state index contributed by atoms with van der Waals surface area (Å²) in [5.41, 5.74) is 2.49. The number of anilines is 1. The lowest BCUT2D eigenvalue weighted by atomic mass is 10.0. The lowest BCUT2D eigenvalue weighted by Gasteiger charge is -2.31. The topological polar surface area (TPSA) is 111 Å². The minimum atomic E-state index is -0.968. The Hall–Kier alpha value is -4.31. The first kappa shape index (κ1) is 23.8. The predicted octanol–water partition coefficient (Wildman–Crippen LogP) is 2.37. The van der Waals surface area contributed by atoms with Crippen LogP contribution in [-0.4, -0.2) is 59.2 Å². The Morgan fingerprint density at radius 3 is 2.57 bits per heavy atom. The van der Waals surface area contributed by atoms with E-state index in [2.05, 4.69) is 20.6 Å². The van der Waals surface area contributed by atoms with Gasteiger partial charge < -0.3 is 14.8 Å². The van der Waals surface area contributed by atoms with Gasteiger partial charge in [0.2, 0.25) is 11.8 Å². The first-order chi connectivity index (χ1) is 17.1. The van der Waals surface area contributed by atoms with E-state index in [9.17, 15) is 9.59 Å². The molecule has 2 aromatic heterocycles. The van der Waals surface area contributed by atoms with Gasteiger partial charge >= 0.3 is 0 Å². The van der Waals surface area contributed by atoms with E-state index in [1.807, 2.05) is 24.3 Å². The van der Waals surface area contributed by atoms with Crippen LogP contribution < -0.4 is 15.0 Å². The number of para-hydroxylation sites is 1. The van der Waals surface area contributed by atoms with Gasteiger partial charge in [0.1, 0.15) is 23.9 Å². The molecule has 4 rings (SSSR count). The standard InChI is InChI=1S/C25H26N6O4/c1-34-15-14-27-25(33)24(18-9-11-20(35-2)12-10-18)31(19-6-5-13-26-16-19)23(32)17-30-22-8-4-3-7-21(22)28-29-30/h3-13,16,24H,14-15,17H2,1-2H3,(H,27,33)/t24-/m0/s1. The van der Waals surface area contributed by atoms with Crippen molar-refractivity contribution in [1.82, 2.24) is 25.3 Å². The highest BCUT2D eigenvalue weighted by molar-refractivity contribution is 6.01. The number of fused-ring (bicyclic) bond motifs is 1. The summed E-state index contributed by atoms with van der Waals surface area (Å²) < 4.78 is 11.9. The van der Waals surface area contributed by atoms with Crippen molar-refractivity contribution in [2.45, 2.75) is 12.6 Å². The molecule has 0 saturated carbocycles. The highest BCUT2D eigenvalue weighted by Gasteiger charge is 2.33. The third kappa shape index (κ3) is 5.44. The van der Waals surface area contributed by atoms with Gasteiger partial charge in [-0.05, 0) is 42.0 Å². The van der Waals surface area contributed by atoms with Gasteiger partial charge in [-0.1, -0.05) is 29.5 Å². The fraction of sp³-hybridized carbons (Fsp3) is 0.240. The number of benzene rings is 2. The number of hydrogen-bond donors (Lipinski definition) is 1. The van der Waals surface area contributed by atoms with Gasteiger partial charge in [0, 0.05) is 19.9 Å². The molecule has 0 fully saturated rings.